The topological polar surface area (TPSA) is 67.6 Å². The van der Waals surface area contributed by atoms with Crippen LogP contribution in [0.5, 0.6) is 0 Å². The third-order valence-corrected chi connectivity index (χ3v) is 3.82. The van der Waals surface area contributed by atoms with Gasteiger partial charge < -0.3 is 4.42 Å². The number of aromatic nitrogens is 4. The van der Waals surface area contributed by atoms with E-state index in [2.05, 4.69) is 46.1 Å². The summed E-state index contributed by atoms with van der Waals surface area (Å²) in [6.07, 6.45) is 3.18. The highest BCUT2D eigenvalue weighted by Gasteiger charge is 2.10. The van der Waals surface area contributed by atoms with E-state index < -0.39 is 0 Å². The molecule has 0 aliphatic heterocycles. The van der Waals surface area contributed by atoms with Gasteiger partial charge in [-0.05, 0) is 25.5 Å². The molecule has 0 bridgehead atoms. The molecule has 0 unspecified atom stereocenters. The molecule has 6 heteroatoms. The second kappa shape index (κ2) is 5.50. The van der Waals surface area contributed by atoms with Crippen LogP contribution in [0.2, 0.25) is 0 Å². The standard InChI is InChI=1S/C14H14N4OS/c1-9-3-4-12(10(2)5-9)13-17-11(6-19-13)7-20-14-15-8-16-18-14/h3-6,8H,7H2,1-2H3,(H,15,16,18). The van der Waals surface area contributed by atoms with Crippen molar-refractivity contribution in [1.29, 1.82) is 0 Å². The maximum absolute atomic E-state index is 5.57. The average molecular weight is 286 g/mol. The molecule has 1 aromatic carbocycles. The lowest BCUT2D eigenvalue weighted by molar-refractivity contribution is 0.573. The lowest BCUT2D eigenvalue weighted by Crippen LogP contribution is -1.86. The number of aromatic amines is 1. The zero-order valence-electron chi connectivity index (χ0n) is 11.3. The fourth-order valence-electron chi connectivity index (χ4n) is 1.96. The third kappa shape index (κ3) is 2.75. The maximum Gasteiger partial charge on any atom is 0.226 e. The third-order valence-electron chi connectivity index (χ3n) is 2.91. The largest absolute Gasteiger partial charge is 0.444 e. The minimum Gasteiger partial charge on any atom is -0.444 e. The number of benzene rings is 1. The van der Waals surface area contributed by atoms with Gasteiger partial charge in [-0.1, -0.05) is 29.5 Å². The number of hydrogen-bond donors (Lipinski definition) is 1. The van der Waals surface area contributed by atoms with Crippen molar-refractivity contribution < 1.29 is 4.42 Å². The molecule has 0 amide bonds. The van der Waals surface area contributed by atoms with Crippen LogP contribution in [0.15, 0.2) is 40.4 Å². The van der Waals surface area contributed by atoms with Gasteiger partial charge in [0.1, 0.15) is 12.6 Å². The number of H-pyrrole nitrogens is 1. The first-order valence-electron chi connectivity index (χ1n) is 6.22. The molecule has 0 aliphatic carbocycles. The first-order valence-corrected chi connectivity index (χ1v) is 7.21. The Labute approximate surface area is 120 Å². The molecule has 0 atom stereocenters. The van der Waals surface area contributed by atoms with Gasteiger partial charge in [0.15, 0.2) is 5.16 Å². The molecule has 5 nitrogen and oxygen atoms in total. The van der Waals surface area contributed by atoms with Crippen LogP contribution in [0.4, 0.5) is 0 Å². The van der Waals surface area contributed by atoms with E-state index in [1.165, 1.54) is 17.5 Å². The van der Waals surface area contributed by atoms with E-state index in [0.29, 0.717) is 11.6 Å². The van der Waals surface area contributed by atoms with Gasteiger partial charge in [-0.2, -0.15) is 5.10 Å². The summed E-state index contributed by atoms with van der Waals surface area (Å²) in [5, 5.41) is 7.39. The van der Waals surface area contributed by atoms with Gasteiger partial charge in [0.05, 0.1) is 5.69 Å². The Hall–Kier alpha value is -2.08. The number of hydrogen-bond acceptors (Lipinski definition) is 5. The first-order chi connectivity index (χ1) is 9.72. The van der Waals surface area contributed by atoms with Crippen molar-refractivity contribution in [1.82, 2.24) is 20.2 Å². The lowest BCUT2D eigenvalue weighted by atomic mass is 10.1. The summed E-state index contributed by atoms with van der Waals surface area (Å²) >= 11 is 1.54. The minimum atomic E-state index is 0.663. The molecule has 102 valence electrons. The van der Waals surface area contributed by atoms with E-state index in [0.717, 1.165) is 16.4 Å². The van der Waals surface area contributed by atoms with Crippen LogP contribution in [0, 0.1) is 13.8 Å². The molecule has 1 N–H and O–H groups in total. The quantitative estimate of drug-likeness (QED) is 0.745. The summed E-state index contributed by atoms with van der Waals surface area (Å²) in [5.74, 6) is 1.36. The molecule has 0 saturated heterocycles. The second-order valence-electron chi connectivity index (χ2n) is 4.54. The summed E-state index contributed by atoms with van der Waals surface area (Å²) < 4.78 is 5.57. The summed E-state index contributed by atoms with van der Waals surface area (Å²) in [6.45, 7) is 4.14. The molecule has 0 fully saturated rings. The van der Waals surface area contributed by atoms with E-state index in [1.807, 2.05) is 6.07 Å². The number of rotatable bonds is 4. The van der Waals surface area contributed by atoms with Gasteiger partial charge in [0, 0.05) is 11.3 Å². The molecular formula is C14H14N4OS. The molecule has 0 aliphatic rings. The zero-order chi connectivity index (χ0) is 13.9. The van der Waals surface area contributed by atoms with Crippen LogP contribution >= 0.6 is 11.8 Å². The lowest BCUT2D eigenvalue weighted by Gasteiger charge is -2.02. The Morgan fingerprint density at radius 1 is 1.30 bits per heavy atom. The highest BCUT2D eigenvalue weighted by molar-refractivity contribution is 7.98. The Morgan fingerprint density at radius 3 is 2.95 bits per heavy atom. The van der Waals surface area contributed by atoms with E-state index in [4.69, 9.17) is 4.42 Å². The molecule has 0 saturated carbocycles. The summed E-state index contributed by atoms with van der Waals surface area (Å²) in [5.41, 5.74) is 4.33. The number of thioether (sulfide) groups is 1. The van der Waals surface area contributed by atoms with Crippen molar-refractivity contribution in [2.75, 3.05) is 0 Å². The van der Waals surface area contributed by atoms with Gasteiger partial charge in [-0.25, -0.2) is 9.97 Å². The molecule has 0 spiro atoms. The van der Waals surface area contributed by atoms with Gasteiger partial charge in [-0.15, -0.1) is 0 Å². The number of nitrogens with one attached hydrogen (secondary N) is 1. The monoisotopic (exact) mass is 286 g/mol. The summed E-state index contributed by atoms with van der Waals surface area (Å²) in [4.78, 5) is 8.58. The zero-order valence-corrected chi connectivity index (χ0v) is 12.1. The van der Waals surface area contributed by atoms with Gasteiger partial charge in [0.25, 0.3) is 0 Å². The molecule has 20 heavy (non-hydrogen) atoms. The molecule has 2 heterocycles. The van der Waals surface area contributed by atoms with E-state index >= 15 is 0 Å². The van der Waals surface area contributed by atoms with Crippen molar-refractivity contribution in [3.63, 3.8) is 0 Å². The van der Waals surface area contributed by atoms with Crippen LogP contribution in [-0.4, -0.2) is 20.2 Å². The van der Waals surface area contributed by atoms with Crippen molar-refractivity contribution in [3.8, 4) is 11.5 Å². The SMILES string of the molecule is Cc1ccc(-c2nc(CSc3ncn[nH]3)co2)c(C)c1. The Balaban J connectivity index is 1.76. The van der Waals surface area contributed by atoms with Crippen LogP contribution in [0.1, 0.15) is 16.8 Å². The predicted octanol–water partition coefficient (Wildman–Crippen LogP) is 3.37. The van der Waals surface area contributed by atoms with E-state index in [9.17, 15) is 0 Å². The normalized spacial score (nSPS) is 10.9. The van der Waals surface area contributed by atoms with Crippen LogP contribution in [0.3, 0.4) is 0 Å². The molecule has 3 rings (SSSR count). The Morgan fingerprint density at radius 2 is 2.20 bits per heavy atom. The minimum absolute atomic E-state index is 0.663. The van der Waals surface area contributed by atoms with Crippen molar-refractivity contribution in [2.45, 2.75) is 24.8 Å². The van der Waals surface area contributed by atoms with Crippen molar-refractivity contribution in [2.24, 2.45) is 0 Å². The van der Waals surface area contributed by atoms with E-state index in [1.54, 1.807) is 18.0 Å². The molecule has 0 radical (unpaired) electrons. The second-order valence-corrected chi connectivity index (χ2v) is 5.51. The predicted molar refractivity (Wildman–Crippen MR) is 77.4 cm³/mol. The van der Waals surface area contributed by atoms with Crippen LogP contribution in [0.25, 0.3) is 11.5 Å². The highest BCUT2D eigenvalue weighted by atomic mass is 32.2. The smallest absolute Gasteiger partial charge is 0.226 e. The number of oxazole rings is 1. The highest BCUT2D eigenvalue weighted by Crippen LogP contribution is 2.25. The fraction of sp³-hybridized carbons (Fsp3) is 0.214. The number of aryl methyl sites for hydroxylation is 2. The first kappa shape index (κ1) is 12.9. The van der Waals surface area contributed by atoms with E-state index in [-0.39, 0.29) is 0 Å². The Kier molecular flexibility index (Phi) is 3.56. The van der Waals surface area contributed by atoms with Gasteiger partial charge in [0.2, 0.25) is 5.89 Å². The molecular weight excluding hydrogens is 272 g/mol. The maximum atomic E-state index is 5.57. The number of nitrogens with zero attached hydrogens (tertiary/aromatic N) is 3. The summed E-state index contributed by atoms with van der Waals surface area (Å²) in [7, 11) is 0. The van der Waals surface area contributed by atoms with Gasteiger partial charge in [-0.3, -0.25) is 5.10 Å². The van der Waals surface area contributed by atoms with Gasteiger partial charge >= 0.3 is 0 Å². The van der Waals surface area contributed by atoms with Crippen LogP contribution in [-0.2, 0) is 5.75 Å². The van der Waals surface area contributed by atoms with Crippen LogP contribution < -0.4 is 0 Å². The Bertz CT molecular complexity index is 706. The average Bonchev–Trinajstić information content (AvgIpc) is 3.07. The molecule has 2 aromatic heterocycles. The molecule has 3 aromatic rings. The van der Waals surface area contributed by atoms with Crippen molar-refractivity contribution in [3.05, 3.63) is 47.6 Å². The summed E-state index contributed by atoms with van der Waals surface area (Å²) in [6, 6.07) is 6.24. The van der Waals surface area contributed by atoms with Crippen molar-refractivity contribution >= 4 is 11.8 Å². The fourth-order valence-corrected chi connectivity index (χ4v) is 2.61.